The van der Waals surface area contributed by atoms with E-state index in [-0.39, 0.29) is 12.4 Å². The minimum atomic E-state index is -4.31. The highest BCUT2D eigenvalue weighted by Crippen LogP contribution is 2.35. The van der Waals surface area contributed by atoms with E-state index >= 15 is 0 Å². The Morgan fingerprint density at radius 2 is 2.24 bits per heavy atom. The van der Waals surface area contributed by atoms with Gasteiger partial charge in [0.05, 0.1) is 12.6 Å². The lowest BCUT2D eigenvalue weighted by molar-refractivity contribution is 0.199. The third-order valence-corrected chi connectivity index (χ3v) is 2.34. The van der Waals surface area contributed by atoms with Crippen molar-refractivity contribution >= 4 is 13.4 Å². The highest BCUT2D eigenvalue weighted by Gasteiger charge is 2.09. The summed E-state index contributed by atoms with van der Waals surface area (Å²) in [5.41, 5.74) is 4.63. The third-order valence-electron chi connectivity index (χ3n) is 1.78. The average Bonchev–Trinajstić information content (AvgIpc) is 2.18. The minimum Gasteiger partial charge on any atom is -0.387 e. The molecule has 0 aromatic carbocycles. The first-order valence-corrected chi connectivity index (χ1v) is 6.22. The Labute approximate surface area is 96.2 Å². The van der Waals surface area contributed by atoms with Crippen molar-refractivity contribution in [3.8, 4) is 0 Å². The molecule has 0 saturated heterocycles. The molecule has 0 fully saturated rings. The normalized spacial score (nSPS) is 14.1. The summed E-state index contributed by atoms with van der Waals surface area (Å²) in [6.07, 6.45) is 1.05. The van der Waals surface area contributed by atoms with Crippen LogP contribution in [-0.4, -0.2) is 30.5 Å². The van der Waals surface area contributed by atoms with E-state index in [4.69, 9.17) is 15.5 Å². The van der Waals surface area contributed by atoms with Crippen LogP contribution >= 0.6 is 7.60 Å². The zero-order valence-corrected chi connectivity index (χ0v) is 9.57. The summed E-state index contributed by atoms with van der Waals surface area (Å²) >= 11 is 0. The van der Waals surface area contributed by atoms with Gasteiger partial charge in [-0.15, -0.1) is 0 Å². The Balaban J connectivity index is 2.75. The first-order valence-electron chi connectivity index (χ1n) is 4.53. The van der Waals surface area contributed by atoms with Gasteiger partial charge in [0.2, 0.25) is 0 Å². The van der Waals surface area contributed by atoms with E-state index in [1.165, 1.54) is 12.3 Å². The molecule has 1 rings (SSSR count). The van der Waals surface area contributed by atoms with Crippen LogP contribution in [0.15, 0.2) is 29.0 Å². The maximum atomic E-state index is 11.3. The molecule has 1 aromatic rings. The monoisotopic (exact) mass is 261 g/mol. The van der Waals surface area contributed by atoms with E-state index in [0.717, 1.165) is 10.6 Å². The zero-order valence-electron chi connectivity index (χ0n) is 8.67. The molecule has 0 saturated carbocycles. The number of aliphatic hydroxyl groups excluding tert-OH is 1. The van der Waals surface area contributed by atoms with Gasteiger partial charge in [-0.1, -0.05) is 0 Å². The second-order valence-electron chi connectivity index (χ2n) is 3.29. The summed E-state index contributed by atoms with van der Waals surface area (Å²) in [7, 11) is -4.31. The Morgan fingerprint density at radius 3 is 2.76 bits per heavy atom. The van der Waals surface area contributed by atoms with Gasteiger partial charge >= 0.3 is 13.3 Å². The minimum absolute atomic E-state index is 0.0616. The van der Waals surface area contributed by atoms with E-state index in [2.05, 4.69) is 4.98 Å². The van der Waals surface area contributed by atoms with Gasteiger partial charge in [-0.3, -0.25) is 9.13 Å². The summed E-state index contributed by atoms with van der Waals surface area (Å²) in [6.45, 7) is -0.164. The van der Waals surface area contributed by atoms with Gasteiger partial charge in [0.15, 0.2) is 0 Å². The largest absolute Gasteiger partial charge is 0.387 e. The van der Waals surface area contributed by atoms with Gasteiger partial charge in [-0.05, 0) is 12.1 Å². The SMILES string of the molecule is Nc1ccn(C[C@H](O)/C=C/P(=O)(O)O)c(=O)n1. The van der Waals surface area contributed by atoms with Crippen LogP contribution in [0.5, 0.6) is 0 Å². The van der Waals surface area contributed by atoms with Gasteiger partial charge in [0.25, 0.3) is 0 Å². The van der Waals surface area contributed by atoms with E-state index in [1.807, 2.05) is 0 Å². The topological polar surface area (TPSA) is 139 Å². The molecule has 0 bridgehead atoms. The van der Waals surface area contributed by atoms with Gasteiger partial charge in [0.1, 0.15) is 5.82 Å². The molecule has 1 heterocycles. The molecular weight excluding hydrogens is 249 g/mol. The Hall–Kier alpha value is -1.47. The average molecular weight is 261 g/mol. The molecule has 9 heteroatoms. The number of nitrogens with two attached hydrogens (primary N) is 1. The predicted octanol–water partition coefficient (Wildman–Crippen LogP) is -1.12. The van der Waals surface area contributed by atoms with Crippen molar-refractivity contribution in [2.24, 2.45) is 0 Å². The molecule has 17 heavy (non-hydrogen) atoms. The second kappa shape index (κ2) is 5.24. The van der Waals surface area contributed by atoms with Crippen molar-refractivity contribution in [1.82, 2.24) is 9.55 Å². The van der Waals surface area contributed by atoms with E-state index in [0.29, 0.717) is 5.82 Å². The number of aromatic nitrogens is 2. The van der Waals surface area contributed by atoms with Crippen LogP contribution in [0.4, 0.5) is 5.82 Å². The van der Waals surface area contributed by atoms with Crippen LogP contribution in [0.2, 0.25) is 0 Å². The molecule has 8 nitrogen and oxygen atoms in total. The molecule has 0 radical (unpaired) electrons. The second-order valence-corrected chi connectivity index (χ2v) is 4.76. The molecule has 0 amide bonds. The quantitative estimate of drug-likeness (QED) is 0.503. The number of nitrogens with zero attached hydrogens (tertiary/aromatic N) is 2. The number of hydrogen-bond acceptors (Lipinski definition) is 5. The number of aliphatic hydroxyl groups is 1. The van der Waals surface area contributed by atoms with Gasteiger partial charge in [-0.2, -0.15) is 4.98 Å². The fourth-order valence-corrected chi connectivity index (χ4v) is 1.48. The van der Waals surface area contributed by atoms with Crippen molar-refractivity contribution in [3.63, 3.8) is 0 Å². The van der Waals surface area contributed by atoms with Gasteiger partial charge in [0, 0.05) is 12.0 Å². The lowest BCUT2D eigenvalue weighted by Crippen LogP contribution is -2.27. The molecule has 5 N–H and O–H groups in total. The number of anilines is 1. The molecule has 94 valence electrons. The van der Waals surface area contributed by atoms with Gasteiger partial charge in [-0.25, -0.2) is 4.79 Å². The van der Waals surface area contributed by atoms with Crippen LogP contribution in [0.1, 0.15) is 0 Å². The number of rotatable bonds is 4. The Morgan fingerprint density at radius 1 is 1.59 bits per heavy atom. The number of hydrogen-bond donors (Lipinski definition) is 4. The van der Waals surface area contributed by atoms with Crippen LogP contribution in [0.3, 0.4) is 0 Å². The molecule has 0 unspecified atom stereocenters. The summed E-state index contributed by atoms with van der Waals surface area (Å²) in [4.78, 5) is 31.8. The fourth-order valence-electron chi connectivity index (χ4n) is 1.05. The van der Waals surface area contributed by atoms with E-state index in [1.54, 1.807) is 0 Å². The molecule has 0 aliphatic carbocycles. The van der Waals surface area contributed by atoms with Crippen LogP contribution < -0.4 is 11.4 Å². The highest BCUT2D eigenvalue weighted by molar-refractivity contribution is 7.55. The lowest BCUT2D eigenvalue weighted by Gasteiger charge is -2.08. The summed E-state index contributed by atoms with van der Waals surface area (Å²) in [5.74, 6) is 0.638. The van der Waals surface area contributed by atoms with E-state index < -0.39 is 19.4 Å². The Bertz CT molecular complexity index is 520. The van der Waals surface area contributed by atoms with Crippen LogP contribution in [0, 0.1) is 0 Å². The van der Waals surface area contributed by atoms with Crippen molar-refractivity contribution in [3.05, 3.63) is 34.6 Å². The predicted molar refractivity (Wildman–Crippen MR) is 60.1 cm³/mol. The van der Waals surface area contributed by atoms with Crippen LogP contribution in [-0.2, 0) is 11.1 Å². The van der Waals surface area contributed by atoms with Crippen LogP contribution in [0.25, 0.3) is 0 Å². The first kappa shape index (κ1) is 13.6. The van der Waals surface area contributed by atoms with Crippen molar-refractivity contribution in [2.45, 2.75) is 12.6 Å². The molecular formula is C8H12N3O5P. The van der Waals surface area contributed by atoms with Gasteiger partial charge < -0.3 is 20.6 Å². The zero-order chi connectivity index (χ0) is 13.1. The lowest BCUT2D eigenvalue weighted by atomic mass is 10.3. The molecule has 0 spiro atoms. The van der Waals surface area contributed by atoms with Crippen molar-refractivity contribution in [1.29, 1.82) is 0 Å². The van der Waals surface area contributed by atoms with Crippen molar-refractivity contribution < 1.29 is 19.5 Å². The summed E-state index contributed by atoms with van der Waals surface area (Å²) < 4.78 is 11.6. The first-order chi connectivity index (χ1) is 7.78. The molecule has 0 aliphatic heterocycles. The molecule has 0 aliphatic rings. The fraction of sp³-hybridized carbons (Fsp3) is 0.250. The molecule has 1 aromatic heterocycles. The van der Waals surface area contributed by atoms with Crippen molar-refractivity contribution in [2.75, 3.05) is 5.73 Å². The maximum absolute atomic E-state index is 11.3. The third kappa shape index (κ3) is 4.92. The number of nitrogen functional groups attached to an aromatic ring is 1. The highest BCUT2D eigenvalue weighted by atomic mass is 31.2. The summed E-state index contributed by atoms with van der Waals surface area (Å²) in [6, 6.07) is 1.38. The smallest absolute Gasteiger partial charge is 0.349 e. The van der Waals surface area contributed by atoms with E-state index in [9.17, 15) is 14.5 Å². The Kier molecular flexibility index (Phi) is 4.19. The summed E-state index contributed by atoms with van der Waals surface area (Å²) in [5, 5.41) is 9.41. The standard InChI is InChI=1S/C8H12N3O5P/c9-7-1-3-11(8(13)10-7)5-6(12)2-4-17(14,15)16/h1-4,6,12H,5H2,(H2,9,10,13)(H2,14,15,16)/b4-2+/t6-/m1/s1. The molecule has 1 atom stereocenters. The maximum Gasteiger partial charge on any atom is 0.349 e.